The minimum atomic E-state index is -0.540. The Hall–Kier alpha value is -4.73. The quantitative estimate of drug-likeness (QED) is 0.310. The normalized spacial score (nSPS) is 11.0. The second-order valence-corrected chi connectivity index (χ2v) is 7.99. The molecule has 0 bridgehead atoms. The lowest BCUT2D eigenvalue weighted by molar-refractivity contribution is 0.0432. The van der Waals surface area contributed by atoms with E-state index < -0.39 is 5.97 Å². The molecule has 3 heterocycles. The molecule has 0 saturated carbocycles. The highest BCUT2D eigenvalue weighted by atomic mass is 16.6. The Bertz CT molecular complexity index is 1560. The Kier molecular flexibility index (Phi) is 6.07. The zero-order valence-electron chi connectivity index (χ0n) is 20.2. The standard InChI is InChI=1S/C26H23N5O5/c1-15-23-18(13-19(16-8-6-5-7-9-16)27-25(23)31(2)29-15)26(32)35-14-22-28-24(30-36-22)17-10-11-20(33-3)21(12-17)34-4/h5-13H,14H2,1-4H3. The Morgan fingerprint density at radius 1 is 0.972 bits per heavy atom. The van der Waals surface area contributed by atoms with Crippen LogP contribution in [0, 0.1) is 6.92 Å². The number of fused-ring (bicyclic) bond motifs is 1. The lowest BCUT2D eigenvalue weighted by Gasteiger charge is -2.08. The van der Waals surface area contributed by atoms with E-state index in [1.807, 2.05) is 37.3 Å². The number of hydrogen-bond acceptors (Lipinski definition) is 9. The van der Waals surface area contributed by atoms with Gasteiger partial charge in [0.2, 0.25) is 5.82 Å². The summed E-state index contributed by atoms with van der Waals surface area (Å²) in [6.45, 7) is 1.64. The molecule has 182 valence electrons. The summed E-state index contributed by atoms with van der Waals surface area (Å²) in [5, 5.41) is 9.07. The largest absolute Gasteiger partial charge is 0.493 e. The van der Waals surface area contributed by atoms with Crippen molar-refractivity contribution in [2.24, 2.45) is 7.05 Å². The van der Waals surface area contributed by atoms with Crippen molar-refractivity contribution in [2.75, 3.05) is 14.2 Å². The van der Waals surface area contributed by atoms with Crippen LogP contribution in [0.25, 0.3) is 33.7 Å². The summed E-state index contributed by atoms with van der Waals surface area (Å²) in [5.74, 6) is 1.08. The molecular formula is C26H23N5O5. The molecule has 0 amide bonds. The highest BCUT2D eigenvalue weighted by Gasteiger charge is 2.21. The molecule has 10 nitrogen and oxygen atoms in total. The number of carbonyl (C=O) groups excluding carboxylic acids is 1. The van der Waals surface area contributed by atoms with E-state index in [9.17, 15) is 4.79 Å². The van der Waals surface area contributed by atoms with Crippen LogP contribution in [-0.4, -0.2) is 45.1 Å². The molecule has 0 aliphatic rings. The number of rotatable bonds is 7. The summed E-state index contributed by atoms with van der Waals surface area (Å²) in [6.07, 6.45) is 0. The fourth-order valence-corrected chi connectivity index (χ4v) is 3.97. The van der Waals surface area contributed by atoms with Gasteiger partial charge in [0.1, 0.15) is 0 Å². The Morgan fingerprint density at radius 2 is 1.75 bits per heavy atom. The van der Waals surface area contributed by atoms with Gasteiger partial charge in [-0.25, -0.2) is 9.78 Å². The third kappa shape index (κ3) is 4.24. The molecule has 2 aromatic carbocycles. The number of methoxy groups -OCH3 is 2. The number of esters is 1. The first-order valence-electron chi connectivity index (χ1n) is 11.1. The minimum Gasteiger partial charge on any atom is -0.493 e. The minimum absolute atomic E-state index is 0.157. The van der Waals surface area contributed by atoms with Gasteiger partial charge in [-0.05, 0) is 31.2 Å². The first-order chi connectivity index (χ1) is 17.5. The van der Waals surface area contributed by atoms with Gasteiger partial charge in [0.05, 0.1) is 36.6 Å². The summed E-state index contributed by atoms with van der Waals surface area (Å²) < 4.78 is 23.1. The average Bonchev–Trinajstić information content (AvgIpc) is 3.50. The van der Waals surface area contributed by atoms with Crippen LogP contribution in [0.1, 0.15) is 21.9 Å². The zero-order valence-corrected chi connectivity index (χ0v) is 20.2. The summed E-state index contributed by atoms with van der Waals surface area (Å²) in [4.78, 5) is 22.3. The highest BCUT2D eigenvalue weighted by Crippen LogP contribution is 2.31. The van der Waals surface area contributed by atoms with Gasteiger partial charge in [-0.15, -0.1) is 0 Å². The molecule has 0 unspecified atom stereocenters. The molecule has 0 atom stereocenters. The lowest BCUT2D eigenvalue weighted by atomic mass is 10.1. The summed E-state index contributed by atoms with van der Waals surface area (Å²) in [5.41, 5.74) is 3.83. The summed E-state index contributed by atoms with van der Waals surface area (Å²) in [6, 6.07) is 16.6. The molecule has 0 N–H and O–H groups in total. The smallest absolute Gasteiger partial charge is 0.339 e. The van der Waals surface area contributed by atoms with E-state index in [1.54, 1.807) is 50.2 Å². The van der Waals surface area contributed by atoms with Crippen molar-refractivity contribution >= 4 is 17.0 Å². The van der Waals surface area contributed by atoms with Crippen molar-refractivity contribution in [1.29, 1.82) is 0 Å². The number of pyridine rings is 1. The molecule has 36 heavy (non-hydrogen) atoms. The predicted molar refractivity (Wildman–Crippen MR) is 131 cm³/mol. The molecule has 0 aliphatic carbocycles. The monoisotopic (exact) mass is 485 g/mol. The Labute approximate surface area is 206 Å². The van der Waals surface area contributed by atoms with E-state index in [2.05, 4.69) is 15.2 Å². The number of ether oxygens (including phenoxy) is 3. The van der Waals surface area contributed by atoms with E-state index in [0.29, 0.717) is 50.9 Å². The molecule has 0 radical (unpaired) electrons. The Morgan fingerprint density at radius 3 is 2.50 bits per heavy atom. The SMILES string of the molecule is COc1ccc(-c2noc(COC(=O)c3cc(-c4ccccc4)nc4c3c(C)nn4C)n2)cc1OC. The van der Waals surface area contributed by atoms with Gasteiger partial charge < -0.3 is 18.7 Å². The van der Waals surface area contributed by atoms with Crippen LogP contribution in [-0.2, 0) is 18.4 Å². The number of aromatic nitrogens is 5. The van der Waals surface area contributed by atoms with Gasteiger partial charge in [-0.2, -0.15) is 10.1 Å². The summed E-state index contributed by atoms with van der Waals surface area (Å²) >= 11 is 0. The fraction of sp³-hybridized carbons (Fsp3) is 0.192. The maximum atomic E-state index is 13.2. The van der Waals surface area contributed by atoms with Crippen LogP contribution >= 0.6 is 0 Å². The second kappa shape index (κ2) is 9.49. The fourth-order valence-electron chi connectivity index (χ4n) is 3.97. The van der Waals surface area contributed by atoms with E-state index in [-0.39, 0.29) is 12.5 Å². The molecule has 5 rings (SSSR count). The molecule has 10 heteroatoms. The number of hydrogen-bond donors (Lipinski definition) is 0. The second-order valence-electron chi connectivity index (χ2n) is 7.99. The van der Waals surface area contributed by atoms with Gasteiger partial charge in [0.15, 0.2) is 23.8 Å². The molecular weight excluding hydrogens is 462 g/mol. The number of benzene rings is 2. The lowest BCUT2D eigenvalue weighted by Crippen LogP contribution is -2.08. The number of carbonyl (C=O) groups is 1. The van der Waals surface area contributed by atoms with Gasteiger partial charge in [0.25, 0.3) is 5.89 Å². The number of nitrogens with zero attached hydrogens (tertiary/aromatic N) is 5. The number of aryl methyl sites for hydroxylation is 2. The topological polar surface area (TPSA) is 114 Å². The van der Waals surface area contributed by atoms with Crippen molar-refractivity contribution in [3.8, 4) is 34.1 Å². The predicted octanol–water partition coefficient (Wildman–Crippen LogP) is 4.37. The van der Waals surface area contributed by atoms with Gasteiger partial charge in [-0.1, -0.05) is 35.5 Å². The van der Waals surface area contributed by atoms with Crippen LogP contribution in [0.5, 0.6) is 11.5 Å². The van der Waals surface area contributed by atoms with Crippen molar-refractivity contribution in [3.05, 3.63) is 71.7 Å². The summed E-state index contributed by atoms with van der Waals surface area (Å²) in [7, 11) is 4.90. The van der Waals surface area contributed by atoms with Gasteiger partial charge >= 0.3 is 5.97 Å². The Balaban J connectivity index is 1.41. The van der Waals surface area contributed by atoms with Crippen molar-refractivity contribution in [2.45, 2.75) is 13.5 Å². The van der Waals surface area contributed by atoms with Gasteiger partial charge in [0, 0.05) is 18.2 Å². The first-order valence-corrected chi connectivity index (χ1v) is 11.1. The van der Waals surface area contributed by atoms with Crippen molar-refractivity contribution in [1.82, 2.24) is 24.9 Å². The van der Waals surface area contributed by atoms with E-state index in [1.165, 1.54) is 0 Å². The van der Waals surface area contributed by atoms with Crippen LogP contribution in [0.15, 0.2) is 59.1 Å². The first kappa shape index (κ1) is 23.0. The average molecular weight is 486 g/mol. The highest BCUT2D eigenvalue weighted by molar-refractivity contribution is 6.05. The van der Waals surface area contributed by atoms with Crippen LogP contribution in [0.4, 0.5) is 0 Å². The molecule has 0 fully saturated rings. The van der Waals surface area contributed by atoms with E-state index in [4.69, 9.17) is 23.7 Å². The maximum absolute atomic E-state index is 13.2. The third-order valence-electron chi connectivity index (χ3n) is 5.69. The van der Waals surface area contributed by atoms with E-state index >= 15 is 0 Å². The van der Waals surface area contributed by atoms with Gasteiger partial charge in [-0.3, -0.25) is 4.68 Å². The van der Waals surface area contributed by atoms with Crippen LogP contribution in [0.2, 0.25) is 0 Å². The molecule has 5 aromatic rings. The molecule has 0 saturated heterocycles. The van der Waals surface area contributed by atoms with E-state index in [0.717, 1.165) is 5.56 Å². The third-order valence-corrected chi connectivity index (χ3v) is 5.69. The zero-order chi connectivity index (χ0) is 25.2. The molecule has 3 aromatic heterocycles. The van der Waals surface area contributed by atoms with Crippen molar-refractivity contribution < 1.29 is 23.5 Å². The van der Waals surface area contributed by atoms with Crippen LogP contribution < -0.4 is 9.47 Å². The van der Waals surface area contributed by atoms with Crippen LogP contribution in [0.3, 0.4) is 0 Å². The molecule has 0 aliphatic heterocycles. The maximum Gasteiger partial charge on any atom is 0.339 e. The van der Waals surface area contributed by atoms with Crippen molar-refractivity contribution in [3.63, 3.8) is 0 Å². The molecule has 0 spiro atoms.